The molecule has 0 amide bonds. The van der Waals surface area contributed by atoms with E-state index in [1.54, 1.807) is 0 Å². The topological polar surface area (TPSA) is 44.8 Å². The third kappa shape index (κ3) is 4.43. The molecule has 1 N–H and O–H groups in total. The molecule has 0 aliphatic carbocycles. The molecule has 0 radical (unpaired) electrons. The molecule has 1 fully saturated rings. The van der Waals surface area contributed by atoms with Gasteiger partial charge in [-0.15, -0.1) is 0 Å². The standard InChI is InChI=1S/C15H31N3O2/c1-6-17-8-10-18(11-9-17)13(3)12-15(4,16-5)14(19)20-7-2/h13,16H,6-12H2,1-5H3. The van der Waals surface area contributed by atoms with Crippen molar-refractivity contribution in [1.82, 2.24) is 15.1 Å². The smallest absolute Gasteiger partial charge is 0.326 e. The van der Waals surface area contributed by atoms with E-state index in [0.717, 1.165) is 39.1 Å². The first-order valence-corrected chi connectivity index (χ1v) is 7.79. The zero-order valence-corrected chi connectivity index (χ0v) is 13.7. The summed E-state index contributed by atoms with van der Waals surface area (Å²) in [5, 5.41) is 3.14. The summed E-state index contributed by atoms with van der Waals surface area (Å²) in [5.41, 5.74) is -0.600. The normalized spacial score (nSPS) is 22.2. The minimum Gasteiger partial charge on any atom is -0.465 e. The average molecular weight is 285 g/mol. The Morgan fingerprint density at radius 3 is 2.35 bits per heavy atom. The lowest BCUT2D eigenvalue weighted by atomic mass is 9.92. The summed E-state index contributed by atoms with van der Waals surface area (Å²) in [6, 6.07) is 0.371. The maximum absolute atomic E-state index is 12.1. The number of piperazine rings is 1. The van der Waals surface area contributed by atoms with E-state index in [2.05, 4.69) is 29.0 Å². The number of esters is 1. The van der Waals surface area contributed by atoms with Crippen molar-refractivity contribution in [3.63, 3.8) is 0 Å². The molecule has 0 bridgehead atoms. The van der Waals surface area contributed by atoms with Crippen molar-refractivity contribution in [2.75, 3.05) is 46.4 Å². The Labute approximate surface area is 123 Å². The van der Waals surface area contributed by atoms with Gasteiger partial charge >= 0.3 is 5.97 Å². The SMILES string of the molecule is CCOC(=O)C(C)(CC(C)N1CCN(CC)CC1)NC. The third-order valence-corrected chi connectivity index (χ3v) is 4.46. The zero-order chi connectivity index (χ0) is 15.2. The van der Waals surface area contributed by atoms with Crippen molar-refractivity contribution >= 4 is 5.97 Å². The number of hydrogen-bond acceptors (Lipinski definition) is 5. The summed E-state index contributed by atoms with van der Waals surface area (Å²) in [4.78, 5) is 17.0. The van der Waals surface area contributed by atoms with Gasteiger partial charge in [-0.2, -0.15) is 0 Å². The van der Waals surface area contributed by atoms with E-state index in [0.29, 0.717) is 12.6 Å². The molecular formula is C15H31N3O2. The second-order valence-corrected chi connectivity index (χ2v) is 5.83. The predicted molar refractivity (Wildman–Crippen MR) is 81.9 cm³/mol. The summed E-state index contributed by atoms with van der Waals surface area (Å²) in [7, 11) is 1.83. The van der Waals surface area contributed by atoms with Crippen LogP contribution in [0.15, 0.2) is 0 Å². The molecule has 1 aliphatic heterocycles. The van der Waals surface area contributed by atoms with Gasteiger partial charge in [0.25, 0.3) is 0 Å². The summed E-state index contributed by atoms with van der Waals surface area (Å²) in [6.07, 6.45) is 0.772. The molecule has 1 aliphatic rings. The molecule has 0 aromatic carbocycles. The molecule has 5 heteroatoms. The van der Waals surface area contributed by atoms with Gasteiger partial charge in [-0.1, -0.05) is 6.92 Å². The van der Waals surface area contributed by atoms with Crippen LogP contribution in [0.1, 0.15) is 34.1 Å². The first-order chi connectivity index (χ1) is 9.46. The first-order valence-electron chi connectivity index (χ1n) is 7.79. The Balaban J connectivity index is 2.55. The van der Waals surface area contributed by atoms with Gasteiger partial charge in [0.1, 0.15) is 5.54 Å². The lowest BCUT2D eigenvalue weighted by Gasteiger charge is -2.40. The highest BCUT2D eigenvalue weighted by molar-refractivity contribution is 5.80. The molecular weight excluding hydrogens is 254 g/mol. The fourth-order valence-corrected chi connectivity index (χ4v) is 2.82. The van der Waals surface area contributed by atoms with E-state index in [9.17, 15) is 4.79 Å². The maximum Gasteiger partial charge on any atom is 0.326 e. The minimum atomic E-state index is -0.600. The molecule has 2 unspecified atom stereocenters. The largest absolute Gasteiger partial charge is 0.465 e. The van der Waals surface area contributed by atoms with Crippen LogP contribution in [-0.4, -0.2) is 73.7 Å². The van der Waals surface area contributed by atoms with Crippen molar-refractivity contribution in [2.45, 2.75) is 45.7 Å². The van der Waals surface area contributed by atoms with E-state index in [1.165, 1.54) is 0 Å². The van der Waals surface area contributed by atoms with Crippen molar-refractivity contribution in [3.8, 4) is 0 Å². The van der Waals surface area contributed by atoms with E-state index in [4.69, 9.17) is 4.74 Å². The monoisotopic (exact) mass is 285 g/mol. The number of rotatable bonds is 7. The molecule has 20 heavy (non-hydrogen) atoms. The van der Waals surface area contributed by atoms with Crippen LogP contribution >= 0.6 is 0 Å². The molecule has 118 valence electrons. The van der Waals surface area contributed by atoms with E-state index in [1.807, 2.05) is 20.9 Å². The van der Waals surface area contributed by atoms with Crippen molar-refractivity contribution in [2.24, 2.45) is 0 Å². The first kappa shape index (κ1) is 17.4. The number of likely N-dealkylation sites (N-methyl/N-ethyl adjacent to an activating group) is 2. The highest BCUT2D eigenvalue weighted by Gasteiger charge is 2.36. The molecule has 0 aromatic heterocycles. The summed E-state index contributed by atoms with van der Waals surface area (Å²) in [6.45, 7) is 14.2. The van der Waals surface area contributed by atoms with Crippen LogP contribution in [0.3, 0.4) is 0 Å². The van der Waals surface area contributed by atoms with Gasteiger partial charge < -0.3 is 15.0 Å². The quantitative estimate of drug-likeness (QED) is 0.706. The van der Waals surface area contributed by atoms with Gasteiger partial charge in [-0.3, -0.25) is 9.69 Å². The minimum absolute atomic E-state index is 0.151. The molecule has 0 aromatic rings. The molecule has 1 rings (SSSR count). The fourth-order valence-electron chi connectivity index (χ4n) is 2.82. The van der Waals surface area contributed by atoms with Crippen LogP contribution in [0.4, 0.5) is 0 Å². The summed E-state index contributed by atoms with van der Waals surface area (Å²) in [5.74, 6) is -0.151. The maximum atomic E-state index is 12.1. The molecule has 1 saturated heterocycles. The van der Waals surface area contributed by atoms with Crippen molar-refractivity contribution in [1.29, 1.82) is 0 Å². The molecule has 2 atom stereocenters. The van der Waals surface area contributed by atoms with Gasteiger partial charge in [0.15, 0.2) is 0 Å². The van der Waals surface area contributed by atoms with Gasteiger partial charge in [-0.05, 0) is 40.8 Å². The molecule has 0 spiro atoms. The average Bonchev–Trinajstić information content (AvgIpc) is 2.47. The van der Waals surface area contributed by atoms with Gasteiger partial charge in [0, 0.05) is 32.2 Å². The Morgan fingerprint density at radius 2 is 1.90 bits per heavy atom. The highest BCUT2D eigenvalue weighted by Crippen LogP contribution is 2.19. The third-order valence-electron chi connectivity index (χ3n) is 4.46. The predicted octanol–water partition coefficient (Wildman–Crippen LogP) is 0.944. The Morgan fingerprint density at radius 1 is 1.30 bits per heavy atom. The fraction of sp³-hybridized carbons (Fsp3) is 0.933. The molecule has 1 heterocycles. The van der Waals surface area contributed by atoms with E-state index < -0.39 is 5.54 Å². The number of nitrogens with zero attached hydrogens (tertiary/aromatic N) is 2. The van der Waals surface area contributed by atoms with Crippen LogP contribution < -0.4 is 5.32 Å². The van der Waals surface area contributed by atoms with Crippen LogP contribution in [0.5, 0.6) is 0 Å². The highest BCUT2D eigenvalue weighted by atomic mass is 16.5. The zero-order valence-electron chi connectivity index (χ0n) is 13.7. The van der Waals surface area contributed by atoms with Gasteiger partial charge in [0.2, 0.25) is 0 Å². The molecule has 0 saturated carbocycles. The van der Waals surface area contributed by atoms with Crippen molar-refractivity contribution < 1.29 is 9.53 Å². The summed E-state index contributed by atoms with van der Waals surface area (Å²) >= 11 is 0. The van der Waals surface area contributed by atoms with Gasteiger partial charge in [0.05, 0.1) is 6.61 Å². The Hall–Kier alpha value is -0.650. The van der Waals surface area contributed by atoms with Crippen LogP contribution in [-0.2, 0) is 9.53 Å². The number of nitrogens with one attached hydrogen (secondary N) is 1. The lowest BCUT2D eigenvalue weighted by Crippen LogP contribution is -2.55. The van der Waals surface area contributed by atoms with Crippen LogP contribution in [0, 0.1) is 0 Å². The van der Waals surface area contributed by atoms with E-state index in [-0.39, 0.29) is 5.97 Å². The second-order valence-electron chi connectivity index (χ2n) is 5.83. The number of hydrogen-bond donors (Lipinski definition) is 1. The Bertz CT molecular complexity index is 303. The van der Waals surface area contributed by atoms with Crippen LogP contribution in [0.2, 0.25) is 0 Å². The lowest BCUT2D eigenvalue weighted by molar-refractivity contribution is -0.151. The van der Waals surface area contributed by atoms with E-state index >= 15 is 0 Å². The number of ether oxygens (including phenoxy) is 1. The summed E-state index contributed by atoms with van der Waals surface area (Å²) < 4.78 is 5.19. The van der Waals surface area contributed by atoms with Gasteiger partial charge in [-0.25, -0.2) is 0 Å². The second kappa shape index (κ2) is 7.96. The number of carbonyl (C=O) groups excluding carboxylic acids is 1. The number of carbonyl (C=O) groups is 1. The van der Waals surface area contributed by atoms with Crippen LogP contribution in [0.25, 0.3) is 0 Å². The Kier molecular flexibility index (Phi) is 6.92. The van der Waals surface area contributed by atoms with Crippen molar-refractivity contribution in [3.05, 3.63) is 0 Å². The molecule has 5 nitrogen and oxygen atoms in total.